The SMILES string of the molecule is COC1C(O)CCC2(CO2)C1C(C)(C)C. The van der Waals surface area contributed by atoms with Crippen molar-refractivity contribution >= 4 is 0 Å². The number of hydrogen-bond acceptors (Lipinski definition) is 3. The maximum atomic E-state index is 9.98. The fraction of sp³-hybridized carbons (Fsp3) is 1.00. The van der Waals surface area contributed by atoms with Gasteiger partial charge in [-0.1, -0.05) is 20.8 Å². The number of aliphatic hydroxyl groups excluding tert-OH is 1. The second-order valence-electron chi connectivity index (χ2n) is 6.00. The Labute approximate surface area is 91.8 Å². The predicted molar refractivity (Wildman–Crippen MR) is 57.7 cm³/mol. The van der Waals surface area contributed by atoms with Gasteiger partial charge in [0.05, 0.1) is 24.4 Å². The van der Waals surface area contributed by atoms with Crippen molar-refractivity contribution in [2.45, 2.75) is 51.4 Å². The molecule has 0 aromatic carbocycles. The number of rotatable bonds is 1. The predicted octanol–water partition coefficient (Wildman–Crippen LogP) is 1.59. The van der Waals surface area contributed by atoms with E-state index in [1.54, 1.807) is 7.11 Å². The number of ether oxygens (including phenoxy) is 2. The molecule has 15 heavy (non-hydrogen) atoms. The fourth-order valence-corrected chi connectivity index (χ4v) is 3.23. The van der Waals surface area contributed by atoms with E-state index in [4.69, 9.17) is 9.47 Å². The Hall–Kier alpha value is -0.120. The van der Waals surface area contributed by atoms with E-state index in [9.17, 15) is 5.11 Å². The first-order valence-corrected chi connectivity index (χ1v) is 5.75. The molecule has 1 spiro atoms. The van der Waals surface area contributed by atoms with E-state index < -0.39 is 0 Å². The van der Waals surface area contributed by atoms with E-state index >= 15 is 0 Å². The van der Waals surface area contributed by atoms with Gasteiger partial charge in [-0.15, -0.1) is 0 Å². The molecule has 0 amide bonds. The third kappa shape index (κ3) is 1.81. The highest BCUT2D eigenvalue weighted by atomic mass is 16.6. The van der Waals surface area contributed by atoms with Crippen LogP contribution in [0.5, 0.6) is 0 Å². The van der Waals surface area contributed by atoms with Gasteiger partial charge < -0.3 is 14.6 Å². The standard InChI is InChI=1S/C12H22O3/c1-11(2,3)10-9(14-4)8(13)5-6-12(10)7-15-12/h8-10,13H,5-7H2,1-4H3. The number of methoxy groups -OCH3 is 1. The van der Waals surface area contributed by atoms with Crippen molar-refractivity contribution in [3.05, 3.63) is 0 Å². The van der Waals surface area contributed by atoms with E-state index in [0.29, 0.717) is 5.92 Å². The summed E-state index contributed by atoms with van der Waals surface area (Å²) in [6, 6.07) is 0. The zero-order valence-corrected chi connectivity index (χ0v) is 10.1. The lowest BCUT2D eigenvalue weighted by molar-refractivity contribution is -0.127. The third-order valence-corrected chi connectivity index (χ3v) is 3.86. The zero-order chi connectivity index (χ0) is 11.3. The van der Waals surface area contributed by atoms with Gasteiger partial charge in [-0.05, 0) is 18.3 Å². The van der Waals surface area contributed by atoms with Crippen LogP contribution in [0.1, 0.15) is 33.6 Å². The lowest BCUT2D eigenvalue weighted by Gasteiger charge is -2.45. The molecule has 0 aromatic heterocycles. The minimum Gasteiger partial charge on any atom is -0.390 e. The summed E-state index contributed by atoms with van der Waals surface area (Å²) < 4.78 is 11.2. The largest absolute Gasteiger partial charge is 0.390 e. The van der Waals surface area contributed by atoms with Crippen LogP contribution in [-0.4, -0.2) is 36.6 Å². The molecule has 1 saturated heterocycles. The molecule has 1 aliphatic heterocycles. The summed E-state index contributed by atoms with van der Waals surface area (Å²) in [7, 11) is 1.69. The molecule has 1 N–H and O–H groups in total. The van der Waals surface area contributed by atoms with Crippen LogP contribution in [0.15, 0.2) is 0 Å². The molecule has 3 heteroatoms. The molecular weight excluding hydrogens is 192 g/mol. The number of aliphatic hydroxyl groups is 1. The molecule has 1 saturated carbocycles. The Kier molecular flexibility index (Phi) is 2.61. The monoisotopic (exact) mass is 214 g/mol. The molecule has 1 aliphatic carbocycles. The van der Waals surface area contributed by atoms with Gasteiger partial charge in [0.2, 0.25) is 0 Å². The zero-order valence-electron chi connectivity index (χ0n) is 10.1. The second kappa shape index (κ2) is 3.44. The van der Waals surface area contributed by atoms with Gasteiger partial charge in [-0.2, -0.15) is 0 Å². The quantitative estimate of drug-likeness (QED) is 0.674. The smallest absolute Gasteiger partial charge is 0.0976 e. The third-order valence-electron chi connectivity index (χ3n) is 3.86. The molecular formula is C12H22O3. The molecule has 3 nitrogen and oxygen atoms in total. The molecule has 0 aromatic rings. The molecule has 0 bridgehead atoms. The second-order valence-corrected chi connectivity index (χ2v) is 6.00. The van der Waals surface area contributed by atoms with E-state index in [2.05, 4.69) is 20.8 Å². The van der Waals surface area contributed by atoms with Crippen LogP contribution in [0.3, 0.4) is 0 Å². The van der Waals surface area contributed by atoms with Crippen molar-refractivity contribution in [3.8, 4) is 0 Å². The Morgan fingerprint density at radius 1 is 1.40 bits per heavy atom. The fourth-order valence-electron chi connectivity index (χ4n) is 3.23. The summed E-state index contributed by atoms with van der Waals surface area (Å²) >= 11 is 0. The molecule has 2 aliphatic rings. The van der Waals surface area contributed by atoms with Crippen LogP contribution in [0, 0.1) is 11.3 Å². The van der Waals surface area contributed by atoms with Crippen LogP contribution >= 0.6 is 0 Å². The number of epoxide rings is 1. The topological polar surface area (TPSA) is 42.0 Å². The lowest BCUT2D eigenvalue weighted by Crippen LogP contribution is -2.53. The number of hydrogen-bond donors (Lipinski definition) is 1. The summed E-state index contributed by atoms with van der Waals surface area (Å²) in [4.78, 5) is 0. The molecule has 4 unspecified atom stereocenters. The minimum absolute atomic E-state index is 0.00183. The Morgan fingerprint density at radius 3 is 2.40 bits per heavy atom. The molecule has 2 rings (SSSR count). The van der Waals surface area contributed by atoms with Gasteiger partial charge in [0, 0.05) is 13.0 Å². The highest BCUT2D eigenvalue weighted by Crippen LogP contribution is 2.53. The van der Waals surface area contributed by atoms with Gasteiger partial charge in [0.15, 0.2) is 0 Å². The highest BCUT2D eigenvalue weighted by molar-refractivity contribution is 5.10. The van der Waals surface area contributed by atoms with Crippen molar-refractivity contribution < 1.29 is 14.6 Å². The summed E-state index contributed by atoms with van der Waals surface area (Å²) in [5.74, 6) is 0.291. The van der Waals surface area contributed by atoms with E-state index in [0.717, 1.165) is 19.4 Å². The normalized spacial score (nSPS) is 45.8. The van der Waals surface area contributed by atoms with Crippen molar-refractivity contribution in [1.82, 2.24) is 0 Å². The maximum absolute atomic E-state index is 9.98. The van der Waals surface area contributed by atoms with E-state index in [-0.39, 0.29) is 23.2 Å². The molecule has 1 heterocycles. The Morgan fingerprint density at radius 2 is 2.00 bits per heavy atom. The van der Waals surface area contributed by atoms with E-state index in [1.165, 1.54) is 0 Å². The van der Waals surface area contributed by atoms with Gasteiger partial charge in [-0.25, -0.2) is 0 Å². The molecule has 4 atom stereocenters. The van der Waals surface area contributed by atoms with Crippen LogP contribution in [-0.2, 0) is 9.47 Å². The van der Waals surface area contributed by atoms with Crippen LogP contribution in [0.2, 0.25) is 0 Å². The summed E-state index contributed by atoms with van der Waals surface area (Å²) in [6.45, 7) is 7.43. The van der Waals surface area contributed by atoms with Crippen LogP contribution < -0.4 is 0 Å². The summed E-state index contributed by atoms with van der Waals surface area (Å²) in [6.07, 6.45) is 1.34. The maximum Gasteiger partial charge on any atom is 0.0976 e. The van der Waals surface area contributed by atoms with Crippen molar-refractivity contribution in [2.24, 2.45) is 11.3 Å². The Balaban J connectivity index is 2.26. The van der Waals surface area contributed by atoms with Crippen LogP contribution in [0.25, 0.3) is 0 Å². The molecule has 2 fully saturated rings. The average molecular weight is 214 g/mol. The van der Waals surface area contributed by atoms with Gasteiger partial charge in [0.25, 0.3) is 0 Å². The van der Waals surface area contributed by atoms with Crippen molar-refractivity contribution in [1.29, 1.82) is 0 Å². The Bertz CT molecular complexity index is 240. The summed E-state index contributed by atoms with van der Waals surface area (Å²) in [5, 5.41) is 9.98. The van der Waals surface area contributed by atoms with Gasteiger partial charge in [0.1, 0.15) is 0 Å². The first-order chi connectivity index (χ1) is 6.91. The average Bonchev–Trinajstić information content (AvgIpc) is 2.88. The highest BCUT2D eigenvalue weighted by Gasteiger charge is 2.61. The minimum atomic E-state index is -0.339. The molecule has 0 radical (unpaired) electrons. The first-order valence-electron chi connectivity index (χ1n) is 5.75. The lowest BCUT2D eigenvalue weighted by atomic mass is 9.64. The first kappa shape index (κ1) is 11.4. The van der Waals surface area contributed by atoms with Crippen molar-refractivity contribution in [3.63, 3.8) is 0 Å². The van der Waals surface area contributed by atoms with Gasteiger partial charge >= 0.3 is 0 Å². The van der Waals surface area contributed by atoms with E-state index in [1.807, 2.05) is 0 Å². The van der Waals surface area contributed by atoms with Crippen LogP contribution in [0.4, 0.5) is 0 Å². The van der Waals surface area contributed by atoms with Gasteiger partial charge in [-0.3, -0.25) is 0 Å². The van der Waals surface area contributed by atoms with Crippen molar-refractivity contribution in [2.75, 3.05) is 13.7 Å². The molecule has 88 valence electrons. The summed E-state index contributed by atoms with van der Waals surface area (Å²) in [5.41, 5.74) is 0.108.